The van der Waals surface area contributed by atoms with Gasteiger partial charge >= 0.3 is 0 Å². The fourth-order valence-corrected chi connectivity index (χ4v) is 0.831. The predicted octanol–water partition coefficient (Wildman–Crippen LogP) is -8.63. The lowest BCUT2D eigenvalue weighted by Crippen LogP contribution is -2.46. The SMILES string of the molecule is C#C[C@@](O)(CO)C(O)O.C#C[C@@](O)(CO[O-])C(O)O.C#C[C@](C)(C=O)CO[O-].C#C[C@](O)(C=O)CO.O=P[O-].O=P[O-]. The van der Waals surface area contributed by atoms with Crippen molar-refractivity contribution < 1.29 is 94.8 Å². The quantitative estimate of drug-likeness (QED) is 0.0265. The second-order valence-corrected chi connectivity index (χ2v) is 7.04. The van der Waals surface area contributed by atoms with E-state index in [-0.39, 0.29) is 12.9 Å². The second kappa shape index (κ2) is 31.1. The Morgan fingerprint density at radius 1 is 0.738 bits per heavy atom. The van der Waals surface area contributed by atoms with E-state index < -0.39 is 72.0 Å². The first-order chi connectivity index (χ1) is 19.3. The number of aldehydes is 2. The third-order valence-corrected chi connectivity index (χ3v) is 3.51. The van der Waals surface area contributed by atoms with Gasteiger partial charge < -0.3 is 80.8 Å². The van der Waals surface area contributed by atoms with Crippen molar-refractivity contribution in [2.24, 2.45) is 5.41 Å². The molecule has 0 rings (SSSR count). The van der Waals surface area contributed by atoms with Gasteiger partial charge in [0.15, 0.2) is 30.1 Å². The van der Waals surface area contributed by atoms with Crippen LogP contribution >= 0.6 is 17.4 Å². The maximum atomic E-state index is 10.1. The number of carbonyl (C=O) groups is 2. The van der Waals surface area contributed by atoms with E-state index in [9.17, 15) is 20.1 Å². The Labute approximate surface area is 242 Å². The summed E-state index contributed by atoms with van der Waals surface area (Å²) in [6.07, 6.45) is 15.2. The highest BCUT2D eigenvalue weighted by atomic mass is 31.1. The van der Waals surface area contributed by atoms with Crippen LogP contribution in [0.2, 0.25) is 0 Å². The van der Waals surface area contributed by atoms with Crippen molar-refractivity contribution in [3.05, 3.63) is 0 Å². The summed E-state index contributed by atoms with van der Waals surface area (Å²) in [6.45, 7) is -1.28. The van der Waals surface area contributed by atoms with Crippen molar-refractivity contribution in [3.8, 4) is 49.4 Å². The van der Waals surface area contributed by atoms with Crippen molar-refractivity contribution in [3.63, 3.8) is 0 Å². The van der Waals surface area contributed by atoms with Crippen LogP contribution in [-0.4, -0.2) is 114 Å². The van der Waals surface area contributed by atoms with Crippen molar-refractivity contribution in [2.45, 2.75) is 36.3 Å². The Bertz CT molecular complexity index is 884. The third kappa shape index (κ3) is 28.7. The van der Waals surface area contributed by atoms with Crippen LogP contribution < -0.4 is 20.3 Å². The number of aliphatic hydroxyl groups excluding tert-OH is 4. The van der Waals surface area contributed by atoms with Crippen LogP contribution in [-0.2, 0) is 28.5 Å². The maximum Gasteiger partial charge on any atom is 0.204 e. The number of terminal acetylenes is 4. The minimum Gasteiger partial charge on any atom is -0.772 e. The van der Waals surface area contributed by atoms with Crippen LogP contribution in [0.1, 0.15) is 6.92 Å². The molecule has 4 atom stereocenters. The van der Waals surface area contributed by atoms with Gasteiger partial charge in [0, 0.05) is 0 Å². The molecule has 0 aliphatic carbocycles. The molecule has 0 aromatic rings. The van der Waals surface area contributed by atoms with E-state index in [2.05, 4.69) is 35.0 Å². The molecule has 0 radical (unpaired) electrons. The van der Waals surface area contributed by atoms with Crippen molar-refractivity contribution in [1.29, 1.82) is 0 Å². The molecule has 0 saturated heterocycles. The second-order valence-electron chi connectivity index (χ2n) is 6.74. The van der Waals surface area contributed by atoms with Gasteiger partial charge in [0.25, 0.3) is 0 Å². The van der Waals surface area contributed by atoms with E-state index in [0.717, 1.165) is 0 Å². The maximum absolute atomic E-state index is 10.1. The Balaban J connectivity index is -0.0000000967. The average Bonchev–Trinajstić information content (AvgIpc) is 2.98. The molecule has 0 aliphatic heterocycles. The molecule has 0 spiro atoms. The van der Waals surface area contributed by atoms with Gasteiger partial charge in [-0.3, -0.25) is 13.9 Å². The molecule has 0 amide bonds. The molecule has 21 heteroatoms. The molecule has 42 heavy (non-hydrogen) atoms. The van der Waals surface area contributed by atoms with Gasteiger partial charge in [0.1, 0.15) is 11.7 Å². The van der Waals surface area contributed by atoms with Gasteiger partial charge in [0.2, 0.25) is 5.60 Å². The zero-order chi connectivity index (χ0) is 35.1. The Hall–Kier alpha value is -2.82. The molecule has 0 bridgehead atoms. The van der Waals surface area contributed by atoms with Gasteiger partial charge in [-0.05, 0) is 6.92 Å². The minimum atomic E-state index is -2.30. The lowest BCUT2D eigenvalue weighted by Gasteiger charge is -2.24. The van der Waals surface area contributed by atoms with E-state index >= 15 is 0 Å². The van der Waals surface area contributed by atoms with E-state index in [1.165, 1.54) is 6.92 Å². The summed E-state index contributed by atoms with van der Waals surface area (Å²) in [5.74, 6) is 7.09. The first-order valence-electron chi connectivity index (χ1n) is 9.67. The minimum absolute atomic E-state index is 0.118. The number of hydrogen-bond donors (Lipinski definition) is 9. The molecular formula is C21H28O19P2-4. The lowest BCUT2D eigenvalue weighted by molar-refractivity contribution is -0.693. The average molecular weight is 646 g/mol. The zero-order valence-corrected chi connectivity index (χ0v) is 23.2. The summed E-state index contributed by atoms with van der Waals surface area (Å²) in [4.78, 5) is 43.2. The van der Waals surface area contributed by atoms with Gasteiger partial charge in [-0.1, -0.05) is 23.7 Å². The Kier molecular flexibility index (Phi) is 38.4. The van der Waals surface area contributed by atoms with E-state index in [4.69, 9.17) is 71.3 Å². The topological polar surface area (TPSA) is 361 Å². The number of rotatable bonds is 10. The smallest absolute Gasteiger partial charge is 0.204 e. The van der Waals surface area contributed by atoms with Crippen molar-refractivity contribution >= 4 is 29.9 Å². The Morgan fingerprint density at radius 3 is 1.14 bits per heavy atom. The number of carbonyl (C=O) groups excluding carboxylic acids is 2. The predicted molar refractivity (Wildman–Crippen MR) is 128 cm³/mol. The highest BCUT2D eigenvalue weighted by Crippen LogP contribution is 2.09. The van der Waals surface area contributed by atoms with Crippen LogP contribution in [0.15, 0.2) is 0 Å². The largest absolute Gasteiger partial charge is 0.772 e. The van der Waals surface area contributed by atoms with Crippen LogP contribution in [0.4, 0.5) is 0 Å². The fraction of sp³-hybridized carbons (Fsp3) is 0.524. The monoisotopic (exact) mass is 646 g/mol. The van der Waals surface area contributed by atoms with Crippen LogP contribution in [0.5, 0.6) is 0 Å². The Morgan fingerprint density at radius 2 is 1.10 bits per heavy atom. The molecule has 0 aromatic carbocycles. The van der Waals surface area contributed by atoms with Crippen molar-refractivity contribution in [2.75, 3.05) is 26.4 Å². The molecule has 19 nitrogen and oxygen atoms in total. The summed E-state index contributed by atoms with van der Waals surface area (Å²) < 4.78 is 16.7. The zero-order valence-electron chi connectivity index (χ0n) is 21.4. The molecule has 0 aromatic heterocycles. The molecule has 0 heterocycles. The summed E-state index contributed by atoms with van der Waals surface area (Å²) in [6, 6.07) is 0. The van der Waals surface area contributed by atoms with Crippen molar-refractivity contribution in [1.82, 2.24) is 0 Å². The van der Waals surface area contributed by atoms with Gasteiger partial charge in [-0.25, -0.2) is 0 Å². The molecule has 0 unspecified atom stereocenters. The highest BCUT2D eigenvalue weighted by Gasteiger charge is 2.32. The molecule has 240 valence electrons. The molecule has 0 fully saturated rings. The first kappa shape index (κ1) is 51.9. The highest BCUT2D eigenvalue weighted by molar-refractivity contribution is 7.14. The van der Waals surface area contributed by atoms with E-state index in [1.54, 1.807) is 17.8 Å². The number of hydrogen-bond acceptors (Lipinski definition) is 19. The normalized spacial score (nSPS) is 15.0. The van der Waals surface area contributed by atoms with Crippen LogP contribution in [0.25, 0.3) is 0 Å². The molecular weight excluding hydrogens is 618 g/mol. The standard InChI is InChI=1S/C6H8O3.C5H8O5.C5H8O4.C5H6O3.2HO2P/c1-3-6(2,4-7)5-9-8;1-2-5(8,3-10-9)4(6)7;1-2-5(9,3-6)4(7)8;1-2-5(8,3-6)4-7;2*1-3-2/h1,4,8H,5H2,2H3;1,4,6-9H,3H2;1,4,6-9H,3H2;1,3,7-8H,4H2;2*(H,1,2)/p-4/t6-;3*5-;;/m1110../s1. The summed E-state index contributed by atoms with van der Waals surface area (Å²) in [5.41, 5.74) is -7.55. The molecule has 0 saturated carbocycles. The van der Waals surface area contributed by atoms with Crippen LogP contribution in [0.3, 0.4) is 0 Å². The summed E-state index contributed by atoms with van der Waals surface area (Å²) in [5, 5.41) is 94.7. The van der Waals surface area contributed by atoms with E-state index in [1.807, 2.05) is 0 Å². The van der Waals surface area contributed by atoms with Gasteiger partial charge in [-0.15, -0.1) is 25.7 Å². The fourth-order valence-electron chi connectivity index (χ4n) is 0.831. The van der Waals surface area contributed by atoms with Gasteiger partial charge in [-0.2, -0.15) is 0 Å². The van der Waals surface area contributed by atoms with Gasteiger partial charge in [0.05, 0.1) is 43.8 Å². The molecule has 9 N–H and O–H groups in total. The van der Waals surface area contributed by atoms with Crippen LogP contribution in [0, 0.1) is 54.8 Å². The lowest BCUT2D eigenvalue weighted by atomic mass is 9.96. The number of aliphatic hydroxyl groups is 9. The first-order valence-corrected chi connectivity index (χ1v) is 11.1. The summed E-state index contributed by atoms with van der Waals surface area (Å²) in [7, 11) is -2.17. The van der Waals surface area contributed by atoms with E-state index in [0.29, 0.717) is 6.29 Å². The summed E-state index contributed by atoms with van der Waals surface area (Å²) >= 11 is 0. The molecule has 0 aliphatic rings. The third-order valence-electron chi connectivity index (χ3n) is 3.51.